The number of hydrogen-bond donors (Lipinski definition) is 2. The lowest BCUT2D eigenvalue weighted by Crippen LogP contribution is -2.50. The Morgan fingerprint density at radius 1 is 0.917 bits per heavy atom. The molecule has 2 aromatic carbocycles. The summed E-state index contributed by atoms with van der Waals surface area (Å²) >= 11 is 0. The van der Waals surface area contributed by atoms with Crippen LogP contribution in [-0.4, -0.2) is 93.5 Å². The zero-order chi connectivity index (χ0) is 25.7. The molecule has 2 N–H and O–H groups in total. The summed E-state index contributed by atoms with van der Waals surface area (Å²) in [4.78, 5) is 30.8. The number of rotatable bonds is 9. The number of carbonyl (C=O) groups excluding carboxylic acids is 2. The second-order valence-corrected chi connectivity index (χ2v) is 8.63. The van der Waals surface area contributed by atoms with Gasteiger partial charge in [-0.2, -0.15) is 0 Å². The van der Waals surface area contributed by atoms with Crippen LogP contribution in [0.1, 0.15) is 5.56 Å². The number of methoxy groups -OCH3 is 3. The second-order valence-electron chi connectivity index (χ2n) is 8.63. The summed E-state index contributed by atoms with van der Waals surface area (Å²) in [6.07, 6.45) is 0.712. The monoisotopic (exact) mass is 496 g/mol. The fourth-order valence-electron chi connectivity index (χ4n) is 4.48. The highest BCUT2D eigenvalue weighted by molar-refractivity contribution is 6.14. The lowest BCUT2D eigenvalue weighted by atomic mass is 10.1. The molecule has 0 spiro atoms. The number of aliphatic hydroxyl groups excluding tert-OH is 1. The first-order valence-corrected chi connectivity index (χ1v) is 11.8. The number of anilines is 1. The standard InChI is InChI=1S/C26H32N4O6/c1-34-22-7-5-4-6-21(22)29-12-10-28(11-13-29)16-19(31)17-30-25(32)20(27-26(30)33)14-18-8-9-23(35-2)24(15-18)36-3/h4-9,14-15,19,31H,10-13,16-17H2,1-3H3,(H,27,33)/b20-14-. The van der Waals surface area contributed by atoms with E-state index in [0.717, 1.165) is 42.5 Å². The second kappa shape index (κ2) is 11.3. The fraction of sp³-hybridized carbons (Fsp3) is 0.385. The van der Waals surface area contributed by atoms with Gasteiger partial charge >= 0.3 is 6.03 Å². The molecular weight excluding hydrogens is 464 g/mol. The maximum atomic E-state index is 12.9. The quantitative estimate of drug-likeness (QED) is 0.400. The largest absolute Gasteiger partial charge is 0.495 e. The van der Waals surface area contributed by atoms with Crippen molar-refractivity contribution < 1.29 is 28.9 Å². The van der Waals surface area contributed by atoms with Gasteiger partial charge in [-0.15, -0.1) is 0 Å². The van der Waals surface area contributed by atoms with E-state index in [1.165, 1.54) is 7.11 Å². The van der Waals surface area contributed by atoms with Gasteiger partial charge in [0.25, 0.3) is 5.91 Å². The van der Waals surface area contributed by atoms with E-state index in [1.54, 1.807) is 38.5 Å². The number of ether oxygens (including phenoxy) is 3. The molecule has 2 aliphatic rings. The van der Waals surface area contributed by atoms with Crippen LogP contribution in [0.3, 0.4) is 0 Å². The van der Waals surface area contributed by atoms with Gasteiger partial charge in [0, 0.05) is 32.7 Å². The number of hydrogen-bond acceptors (Lipinski definition) is 8. The Bertz CT molecular complexity index is 1130. The summed E-state index contributed by atoms with van der Waals surface area (Å²) in [6, 6.07) is 12.6. The molecule has 0 radical (unpaired) electrons. The third-order valence-corrected chi connectivity index (χ3v) is 6.34. The SMILES string of the molecule is COc1ccc(/C=C2\NC(=O)N(CC(O)CN3CCN(c4ccccc4OC)CC3)C2=O)cc1OC. The lowest BCUT2D eigenvalue weighted by Gasteiger charge is -2.37. The minimum atomic E-state index is -0.863. The zero-order valence-electron chi connectivity index (χ0n) is 20.8. The van der Waals surface area contributed by atoms with Crippen molar-refractivity contribution in [2.24, 2.45) is 0 Å². The van der Waals surface area contributed by atoms with Gasteiger partial charge in [-0.05, 0) is 35.9 Å². The molecule has 2 aromatic rings. The number of piperazine rings is 1. The first-order chi connectivity index (χ1) is 17.4. The molecule has 192 valence electrons. The summed E-state index contributed by atoms with van der Waals surface area (Å²) in [5.74, 6) is 1.44. The summed E-state index contributed by atoms with van der Waals surface area (Å²) in [5, 5.41) is 13.3. The molecular formula is C26H32N4O6. The van der Waals surface area contributed by atoms with Crippen LogP contribution in [0.25, 0.3) is 6.08 Å². The molecule has 1 atom stereocenters. The average Bonchev–Trinajstić information content (AvgIpc) is 3.16. The van der Waals surface area contributed by atoms with Crippen LogP contribution < -0.4 is 24.4 Å². The van der Waals surface area contributed by atoms with Crippen molar-refractivity contribution in [1.29, 1.82) is 0 Å². The Hall–Kier alpha value is -3.76. The Balaban J connectivity index is 1.32. The molecule has 10 nitrogen and oxygen atoms in total. The summed E-state index contributed by atoms with van der Waals surface area (Å²) < 4.78 is 16.0. The molecule has 36 heavy (non-hydrogen) atoms. The molecule has 2 heterocycles. The van der Waals surface area contributed by atoms with Gasteiger partial charge in [-0.1, -0.05) is 18.2 Å². The van der Waals surface area contributed by atoms with Crippen LogP contribution in [0.2, 0.25) is 0 Å². The molecule has 0 bridgehead atoms. The van der Waals surface area contributed by atoms with Gasteiger partial charge in [-0.25, -0.2) is 4.79 Å². The predicted octanol–water partition coefficient (Wildman–Crippen LogP) is 1.79. The lowest BCUT2D eigenvalue weighted by molar-refractivity contribution is -0.124. The van der Waals surface area contributed by atoms with Crippen molar-refractivity contribution in [3.05, 3.63) is 53.7 Å². The molecule has 3 amide bonds. The van der Waals surface area contributed by atoms with Crippen LogP contribution in [0.5, 0.6) is 17.2 Å². The highest BCUT2D eigenvalue weighted by atomic mass is 16.5. The van der Waals surface area contributed by atoms with Crippen molar-refractivity contribution >= 4 is 23.7 Å². The molecule has 10 heteroatoms. The summed E-state index contributed by atoms with van der Waals surface area (Å²) in [7, 11) is 4.73. The smallest absolute Gasteiger partial charge is 0.329 e. The van der Waals surface area contributed by atoms with Crippen LogP contribution in [0.15, 0.2) is 48.2 Å². The maximum Gasteiger partial charge on any atom is 0.329 e. The van der Waals surface area contributed by atoms with E-state index >= 15 is 0 Å². The summed E-state index contributed by atoms with van der Waals surface area (Å²) in [6.45, 7) is 3.36. The molecule has 2 aliphatic heterocycles. The van der Waals surface area contributed by atoms with Crippen LogP contribution >= 0.6 is 0 Å². The Kier molecular flexibility index (Phi) is 7.97. The van der Waals surface area contributed by atoms with Crippen LogP contribution in [0.4, 0.5) is 10.5 Å². The number of nitrogens with one attached hydrogen (secondary N) is 1. The average molecular weight is 497 g/mol. The van der Waals surface area contributed by atoms with Gasteiger partial charge in [-0.3, -0.25) is 14.6 Å². The van der Waals surface area contributed by atoms with E-state index in [0.29, 0.717) is 23.6 Å². The van der Waals surface area contributed by atoms with Gasteiger partial charge in [0.1, 0.15) is 11.4 Å². The molecule has 4 rings (SSSR count). The Morgan fingerprint density at radius 3 is 2.31 bits per heavy atom. The van der Waals surface area contributed by atoms with E-state index in [2.05, 4.69) is 15.1 Å². The number of carbonyl (C=O) groups is 2. The first-order valence-electron chi connectivity index (χ1n) is 11.8. The molecule has 0 aliphatic carbocycles. The van der Waals surface area contributed by atoms with Gasteiger partial charge in [0.05, 0.1) is 39.7 Å². The van der Waals surface area contributed by atoms with Gasteiger partial charge in [0.2, 0.25) is 0 Å². The number of imide groups is 1. The van der Waals surface area contributed by atoms with Crippen molar-refractivity contribution in [2.45, 2.75) is 6.10 Å². The Labute approximate surface area is 210 Å². The molecule has 0 saturated carbocycles. The highest BCUT2D eigenvalue weighted by Crippen LogP contribution is 2.29. The number of benzene rings is 2. The maximum absolute atomic E-state index is 12.9. The van der Waals surface area contributed by atoms with E-state index in [1.807, 2.05) is 24.3 Å². The van der Waals surface area contributed by atoms with E-state index < -0.39 is 18.0 Å². The number of β-amino-alcohol motifs (C(OH)–C–C–N with tert-alkyl or cyclic N) is 1. The van der Waals surface area contributed by atoms with Crippen LogP contribution in [0, 0.1) is 0 Å². The number of para-hydroxylation sites is 2. The van der Waals surface area contributed by atoms with Gasteiger partial charge < -0.3 is 29.5 Å². The third-order valence-electron chi connectivity index (χ3n) is 6.34. The molecule has 2 fully saturated rings. The predicted molar refractivity (Wildman–Crippen MR) is 135 cm³/mol. The number of aliphatic hydroxyl groups is 1. The van der Waals surface area contributed by atoms with E-state index in [-0.39, 0.29) is 12.2 Å². The molecule has 0 aromatic heterocycles. The first kappa shape index (κ1) is 25.3. The van der Waals surface area contributed by atoms with Crippen molar-refractivity contribution in [3.8, 4) is 17.2 Å². The van der Waals surface area contributed by atoms with Gasteiger partial charge in [0.15, 0.2) is 11.5 Å². The highest BCUT2D eigenvalue weighted by Gasteiger charge is 2.35. The molecule has 1 unspecified atom stereocenters. The minimum Gasteiger partial charge on any atom is -0.495 e. The van der Waals surface area contributed by atoms with Crippen molar-refractivity contribution in [2.75, 3.05) is 65.5 Å². The molecule has 2 saturated heterocycles. The number of amides is 3. The van der Waals surface area contributed by atoms with E-state index in [4.69, 9.17) is 14.2 Å². The van der Waals surface area contributed by atoms with E-state index in [9.17, 15) is 14.7 Å². The Morgan fingerprint density at radius 2 is 1.61 bits per heavy atom. The third kappa shape index (κ3) is 5.55. The normalized spacial score (nSPS) is 18.4. The minimum absolute atomic E-state index is 0.0827. The van der Waals surface area contributed by atoms with Crippen LogP contribution in [-0.2, 0) is 4.79 Å². The topological polar surface area (TPSA) is 104 Å². The van der Waals surface area contributed by atoms with Crippen molar-refractivity contribution in [1.82, 2.24) is 15.1 Å². The number of urea groups is 1. The number of nitrogens with zero attached hydrogens (tertiary/aromatic N) is 3. The van der Waals surface area contributed by atoms with Crippen molar-refractivity contribution in [3.63, 3.8) is 0 Å². The zero-order valence-corrected chi connectivity index (χ0v) is 20.8. The summed E-state index contributed by atoms with van der Waals surface area (Å²) in [5.41, 5.74) is 1.87. The fourth-order valence-corrected chi connectivity index (χ4v) is 4.48.